The van der Waals surface area contributed by atoms with Crippen LogP contribution >= 0.6 is 0 Å². The molecule has 5 heteroatoms. The predicted molar refractivity (Wildman–Crippen MR) is 76.3 cm³/mol. The molecule has 2 N–H and O–H groups in total. The van der Waals surface area contributed by atoms with Gasteiger partial charge in [0, 0.05) is 25.6 Å². The number of rotatable bonds is 8. The quantitative estimate of drug-likeness (QED) is 0.715. The first-order valence-electron chi connectivity index (χ1n) is 7.64. The lowest BCUT2D eigenvalue weighted by Gasteiger charge is -2.31. The third-order valence-electron chi connectivity index (χ3n) is 4.69. The molecule has 20 heavy (non-hydrogen) atoms. The molecule has 0 bridgehead atoms. The van der Waals surface area contributed by atoms with Crippen molar-refractivity contribution in [1.82, 2.24) is 4.90 Å². The lowest BCUT2D eigenvalue weighted by Crippen LogP contribution is -2.41. The van der Waals surface area contributed by atoms with Crippen molar-refractivity contribution in [2.75, 3.05) is 13.2 Å². The van der Waals surface area contributed by atoms with Gasteiger partial charge in [-0.2, -0.15) is 0 Å². The van der Waals surface area contributed by atoms with E-state index >= 15 is 0 Å². The highest BCUT2D eigenvalue weighted by Crippen LogP contribution is 2.33. The first-order chi connectivity index (χ1) is 9.50. The first kappa shape index (κ1) is 17.0. The van der Waals surface area contributed by atoms with Crippen molar-refractivity contribution in [1.29, 1.82) is 0 Å². The average molecular weight is 285 g/mol. The second-order valence-corrected chi connectivity index (χ2v) is 5.72. The summed E-state index contributed by atoms with van der Waals surface area (Å²) in [4.78, 5) is 25.8. The van der Waals surface area contributed by atoms with E-state index in [1.165, 1.54) is 0 Å². The van der Waals surface area contributed by atoms with E-state index < -0.39 is 11.4 Å². The lowest BCUT2D eigenvalue weighted by molar-refractivity contribution is -0.154. The minimum absolute atomic E-state index is 0.0449. The molecule has 1 saturated heterocycles. The number of aliphatic hydroxyl groups excluding tert-OH is 1. The van der Waals surface area contributed by atoms with Crippen molar-refractivity contribution >= 4 is 11.9 Å². The lowest BCUT2D eigenvalue weighted by atomic mass is 9.79. The number of carboxylic acids is 1. The molecular formula is C15H27NO4. The molecule has 1 aliphatic heterocycles. The number of nitrogens with zero attached hydrogens (tertiary/aromatic N) is 1. The van der Waals surface area contributed by atoms with Crippen LogP contribution in [0.4, 0.5) is 0 Å². The summed E-state index contributed by atoms with van der Waals surface area (Å²) in [6, 6.07) is 0.176. The maximum absolute atomic E-state index is 12.5. The summed E-state index contributed by atoms with van der Waals surface area (Å²) < 4.78 is 0. The minimum Gasteiger partial charge on any atom is -0.481 e. The Labute approximate surface area is 121 Å². The standard InChI is InChI=1S/C15H27NO4/c1-3-15(4-2,14(19)20)11-13(18)16-9-5-7-12(16)8-6-10-17/h12,17H,3-11H2,1-2H3,(H,19,20). The molecule has 0 aromatic rings. The van der Waals surface area contributed by atoms with Gasteiger partial charge in [-0.05, 0) is 38.5 Å². The summed E-state index contributed by atoms with van der Waals surface area (Å²) in [5.41, 5.74) is -0.929. The Morgan fingerprint density at radius 2 is 1.95 bits per heavy atom. The number of likely N-dealkylation sites (tertiary alicyclic amines) is 1. The second kappa shape index (κ2) is 7.62. The van der Waals surface area contributed by atoms with Crippen LogP contribution in [0, 0.1) is 5.41 Å². The van der Waals surface area contributed by atoms with Gasteiger partial charge >= 0.3 is 5.97 Å². The molecular weight excluding hydrogens is 258 g/mol. The summed E-state index contributed by atoms with van der Waals surface area (Å²) in [6.07, 6.45) is 4.47. The SMILES string of the molecule is CCC(CC)(CC(=O)N1CCCC1CCCO)C(=O)O. The Bertz CT molecular complexity index is 339. The van der Waals surface area contributed by atoms with Gasteiger partial charge in [-0.25, -0.2) is 0 Å². The fourth-order valence-electron chi connectivity index (χ4n) is 3.06. The molecule has 5 nitrogen and oxygen atoms in total. The van der Waals surface area contributed by atoms with Crippen LogP contribution in [-0.2, 0) is 9.59 Å². The molecule has 0 radical (unpaired) electrons. The van der Waals surface area contributed by atoms with E-state index in [1.807, 2.05) is 18.7 Å². The minimum atomic E-state index is -0.929. The smallest absolute Gasteiger partial charge is 0.310 e. The summed E-state index contributed by atoms with van der Waals surface area (Å²) in [5.74, 6) is -0.918. The Hall–Kier alpha value is -1.10. The van der Waals surface area contributed by atoms with Gasteiger partial charge in [-0.1, -0.05) is 13.8 Å². The molecule has 0 aromatic heterocycles. The zero-order chi connectivity index (χ0) is 15.2. The number of hydrogen-bond acceptors (Lipinski definition) is 3. The van der Waals surface area contributed by atoms with Crippen LogP contribution in [0.25, 0.3) is 0 Å². The van der Waals surface area contributed by atoms with E-state index in [1.54, 1.807) is 0 Å². The predicted octanol–water partition coefficient (Wildman–Crippen LogP) is 2.03. The number of carbonyl (C=O) groups excluding carboxylic acids is 1. The van der Waals surface area contributed by atoms with Crippen LogP contribution in [0.5, 0.6) is 0 Å². The zero-order valence-electron chi connectivity index (χ0n) is 12.6. The maximum Gasteiger partial charge on any atom is 0.310 e. The van der Waals surface area contributed by atoms with Gasteiger partial charge in [0.2, 0.25) is 5.91 Å². The van der Waals surface area contributed by atoms with Gasteiger partial charge in [-0.15, -0.1) is 0 Å². The molecule has 1 fully saturated rings. The highest BCUT2D eigenvalue weighted by molar-refractivity contribution is 5.85. The van der Waals surface area contributed by atoms with Gasteiger partial charge < -0.3 is 15.1 Å². The molecule has 0 spiro atoms. The van der Waals surface area contributed by atoms with Crippen molar-refractivity contribution in [3.63, 3.8) is 0 Å². The number of carboxylic acid groups (broad SMARTS) is 1. The Kier molecular flexibility index (Phi) is 6.46. The van der Waals surface area contributed by atoms with Crippen molar-refractivity contribution in [2.45, 2.75) is 64.8 Å². The van der Waals surface area contributed by atoms with Gasteiger partial charge in [0.25, 0.3) is 0 Å². The van der Waals surface area contributed by atoms with E-state index in [-0.39, 0.29) is 25.0 Å². The summed E-state index contributed by atoms with van der Waals surface area (Å²) in [6.45, 7) is 4.52. The zero-order valence-corrected chi connectivity index (χ0v) is 12.6. The van der Waals surface area contributed by atoms with E-state index in [0.29, 0.717) is 19.3 Å². The number of amides is 1. The number of aliphatic hydroxyl groups is 1. The van der Waals surface area contributed by atoms with Crippen molar-refractivity contribution in [3.8, 4) is 0 Å². The van der Waals surface area contributed by atoms with Crippen molar-refractivity contribution < 1.29 is 19.8 Å². The van der Waals surface area contributed by atoms with Crippen LogP contribution in [0.1, 0.15) is 58.8 Å². The van der Waals surface area contributed by atoms with E-state index in [4.69, 9.17) is 5.11 Å². The van der Waals surface area contributed by atoms with Gasteiger partial charge in [0.15, 0.2) is 0 Å². The molecule has 1 aliphatic rings. The van der Waals surface area contributed by atoms with Crippen molar-refractivity contribution in [2.24, 2.45) is 5.41 Å². The topological polar surface area (TPSA) is 77.8 Å². The third kappa shape index (κ3) is 3.72. The van der Waals surface area contributed by atoms with Crippen LogP contribution in [0.2, 0.25) is 0 Å². The third-order valence-corrected chi connectivity index (χ3v) is 4.69. The fraction of sp³-hybridized carbons (Fsp3) is 0.867. The highest BCUT2D eigenvalue weighted by atomic mass is 16.4. The van der Waals surface area contributed by atoms with Crippen molar-refractivity contribution in [3.05, 3.63) is 0 Å². The van der Waals surface area contributed by atoms with Crippen LogP contribution in [0.3, 0.4) is 0 Å². The molecule has 0 aliphatic carbocycles. The van der Waals surface area contributed by atoms with E-state index in [9.17, 15) is 14.7 Å². The summed E-state index contributed by atoms with van der Waals surface area (Å²) >= 11 is 0. The largest absolute Gasteiger partial charge is 0.481 e. The monoisotopic (exact) mass is 285 g/mol. The number of carbonyl (C=O) groups is 2. The number of hydrogen-bond donors (Lipinski definition) is 2. The second-order valence-electron chi connectivity index (χ2n) is 5.72. The molecule has 0 saturated carbocycles. The highest BCUT2D eigenvalue weighted by Gasteiger charge is 2.40. The summed E-state index contributed by atoms with van der Waals surface area (Å²) in [7, 11) is 0. The van der Waals surface area contributed by atoms with Gasteiger partial charge in [0.05, 0.1) is 5.41 Å². The van der Waals surface area contributed by atoms with Crippen LogP contribution < -0.4 is 0 Å². The molecule has 1 atom stereocenters. The Morgan fingerprint density at radius 1 is 1.30 bits per heavy atom. The maximum atomic E-state index is 12.5. The molecule has 1 amide bonds. The molecule has 1 heterocycles. The number of aliphatic carboxylic acids is 1. The Balaban J connectivity index is 2.71. The summed E-state index contributed by atoms with van der Waals surface area (Å²) in [5, 5.41) is 18.3. The van der Waals surface area contributed by atoms with Gasteiger partial charge in [0.1, 0.15) is 0 Å². The molecule has 1 rings (SSSR count). The van der Waals surface area contributed by atoms with E-state index in [0.717, 1.165) is 25.8 Å². The van der Waals surface area contributed by atoms with Gasteiger partial charge in [-0.3, -0.25) is 9.59 Å². The Morgan fingerprint density at radius 3 is 2.45 bits per heavy atom. The molecule has 1 unspecified atom stereocenters. The normalized spacial score (nSPS) is 19.4. The van der Waals surface area contributed by atoms with Crippen LogP contribution in [0.15, 0.2) is 0 Å². The first-order valence-corrected chi connectivity index (χ1v) is 7.64. The molecule has 0 aromatic carbocycles. The van der Waals surface area contributed by atoms with E-state index in [2.05, 4.69) is 0 Å². The van der Waals surface area contributed by atoms with Crippen LogP contribution in [-0.4, -0.2) is 46.2 Å². The fourth-order valence-corrected chi connectivity index (χ4v) is 3.06. The molecule has 116 valence electrons. The average Bonchev–Trinajstić information content (AvgIpc) is 2.90.